The predicted molar refractivity (Wildman–Crippen MR) is 69.7 cm³/mol. The molecule has 94 valence electrons. The van der Waals surface area contributed by atoms with Crippen LogP contribution in [0.1, 0.15) is 30.6 Å². The first-order chi connectivity index (χ1) is 7.99. The summed E-state index contributed by atoms with van der Waals surface area (Å²) >= 11 is 3.25. The van der Waals surface area contributed by atoms with Gasteiger partial charge in [0.1, 0.15) is 0 Å². The van der Waals surface area contributed by atoms with E-state index in [1.807, 2.05) is 13.8 Å². The summed E-state index contributed by atoms with van der Waals surface area (Å²) in [6.07, 6.45) is 3.29. The molecule has 0 aliphatic rings. The number of nitrogens with one attached hydrogen (secondary N) is 1. The maximum absolute atomic E-state index is 11.7. The van der Waals surface area contributed by atoms with Crippen molar-refractivity contribution < 1.29 is 9.90 Å². The van der Waals surface area contributed by atoms with E-state index >= 15 is 0 Å². The van der Waals surface area contributed by atoms with Gasteiger partial charge in [-0.2, -0.15) is 0 Å². The zero-order valence-corrected chi connectivity index (χ0v) is 11.6. The summed E-state index contributed by atoms with van der Waals surface area (Å²) in [5, 5.41) is 12.3. The van der Waals surface area contributed by atoms with Gasteiger partial charge in [-0.1, -0.05) is 13.8 Å². The molecule has 0 aliphatic carbocycles. The lowest BCUT2D eigenvalue weighted by Gasteiger charge is -2.13. The SMILES string of the molecule is CC(C)CC(O)CNC(=O)c1cncc(Br)c1. The molecule has 17 heavy (non-hydrogen) atoms. The molecule has 0 aliphatic heterocycles. The largest absolute Gasteiger partial charge is 0.391 e. The molecule has 0 radical (unpaired) electrons. The number of aromatic nitrogens is 1. The maximum atomic E-state index is 11.7. The second kappa shape index (κ2) is 6.71. The van der Waals surface area contributed by atoms with Gasteiger partial charge in [0.15, 0.2) is 0 Å². The minimum absolute atomic E-state index is 0.221. The summed E-state index contributed by atoms with van der Waals surface area (Å²) in [5.74, 6) is 0.191. The van der Waals surface area contributed by atoms with E-state index in [4.69, 9.17) is 0 Å². The van der Waals surface area contributed by atoms with Gasteiger partial charge in [-0.25, -0.2) is 0 Å². The van der Waals surface area contributed by atoms with Gasteiger partial charge in [0.25, 0.3) is 5.91 Å². The Morgan fingerprint density at radius 3 is 2.82 bits per heavy atom. The molecule has 1 atom stereocenters. The molecule has 1 heterocycles. The number of carbonyl (C=O) groups is 1. The minimum atomic E-state index is -0.501. The fourth-order valence-corrected chi connectivity index (χ4v) is 1.84. The molecule has 0 aromatic carbocycles. The van der Waals surface area contributed by atoms with Crippen molar-refractivity contribution >= 4 is 21.8 Å². The van der Waals surface area contributed by atoms with E-state index in [0.717, 1.165) is 4.47 Å². The molecule has 4 nitrogen and oxygen atoms in total. The average molecular weight is 301 g/mol. The molecule has 0 spiro atoms. The highest BCUT2D eigenvalue weighted by Gasteiger charge is 2.10. The van der Waals surface area contributed by atoms with Crippen molar-refractivity contribution in [3.05, 3.63) is 28.5 Å². The van der Waals surface area contributed by atoms with E-state index < -0.39 is 6.10 Å². The van der Waals surface area contributed by atoms with Gasteiger partial charge < -0.3 is 10.4 Å². The standard InChI is InChI=1S/C12H17BrN2O2/c1-8(2)3-11(16)7-15-12(17)9-4-10(13)6-14-5-9/h4-6,8,11,16H,3,7H2,1-2H3,(H,15,17). The fourth-order valence-electron chi connectivity index (χ4n) is 1.48. The van der Waals surface area contributed by atoms with Crippen molar-refractivity contribution in [3.63, 3.8) is 0 Å². The van der Waals surface area contributed by atoms with Gasteiger partial charge in [-0.05, 0) is 34.3 Å². The van der Waals surface area contributed by atoms with Crippen molar-refractivity contribution in [2.24, 2.45) is 5.92 Å². The van der Waals surface area contributed by atoms with Gasteiger partial charge in [0.05, 0.1) is 11.7 Å². The summed E-state index contributed by atoms with van der Waals surface area (Å²) in [7, 11) is 0. The van der Waals surface area contributed by atoms with E-state index in [0.29, 0.717) is 17.9 Å². The molecule has 1 aromatic heterocycles. The lowest BCUT2D eigenvalue weighted by molar-refractivity contribution is 0.0900. The molecule has 0 bridgehead atoms. The normalized spacial score (nSPS) is 12.5. The van der Waals surface area contributed by atoms with Gasteiger partial charge in [-0.15, -0.1) is 0 Å². The molecule has 0 saturated carbocycles. The van der Waals surface area contributed by atoms with Gasteiger partial charge in [0.2, 0.25) is 0 Å². The average Bonchev–Trinajstić information content (AvgIpc) is 2.25. The molecular formula is C12H17BrN2O2. The zero-order valence-electron chi connectivity index (χ0n) is 9.98. The monoisotopic (exact) mass is 300 g/mol. The summed E-state index contributed by atoms with van der Waals surface area (Å²) in [4.78, 5) is 15.6. The fraction of sp³-hybridized carbons (Fsp3) is 0.500. The molecule has 5 heteroatoms. The molecule has 1 aromatic rings. The number of hydrogen-bond acceptors (Lipinski definition) is 3. The van der Waals surface area contributed by atoms with E-state index in [9.17, 15) is 9.90 Å². The highest BCUT2D eigenvalue weighted by atomic mass is 79.9. The first kappa shape index (κ1) is 14.1. The van der Waals surface area contributed by atoms with Crippen molar-refractivity contribution in [2.75, 3.05) is 6.54 Å². The maximum Gasteiger partial charge on any atom is 0.252 e. The van der Waals surface area contributed by atoms with E-state index in [1.165, 1.54) is 6.20 Å². The number of hydrogen-bond donors (Lipinski definition) is 2. The first-order valence-electron chi connectivity index (χ1n) is 5.56. The van der Waals surface area contributed by atoms with Crippen molar-refractivity contribution in [2.45, 2.75) is 26.4 Å². The van der Waals surface area contributed by atoms with Crippen molar-refractivity contribution in [3.8, 4) is 0 Å². The van der Waals surface area contributed by atoms with Crippen LogP contribution in [0.2, 0.25) is 0 Å². The lowest BCUT2D eigenvalue weighted by atomic mass is 10.1. The number of pyridine rings is 1. The van der Waals surface area contributed by atoms with Crippen LogP contribution in [-0.4, -0.2) is 28.6 Å². The summed E-state index contributed by atoms with van der Waals surface area (Å²) in [6, 6.07) is 1.69. The molecule has 1 unspecified atom stereocenters. The Balaban J connectivity index is 2.45. The summed E-state index contributed by atoms with van der Waals surface area (Å²) in [5.41, 5.74) is 0.483. The molecule has 1 rings (SSSR count). The Labute approximate surface area is 110 Å². The van der Waals surface area contributed by atoms with Crippen LogP contribution in [0.3, 0.4) is 0 Å². The Kier molecular flexibility index (Phi) is 5.58. The Bertz CT molecular complexity index is 383. The van der Waals surface area contributed by atoms with Crippen LogP contribution in [-0.2, 0) is 0 Å². The van der Waals surface area contributed by atoms with E-state index in [1.54, 1.807) is 12.3 Å². The number of nitrogens with zero attached hydrogens (tertiary/aromatic N) is 1. The molecule has 1 amide bonds. The number of amides is 1. The quantitative estimate of drug-likeness (QED) is 0.874. The van der Waals surface area contributed by atoms with Gasteiger partial charge in [0, 0.05) is 23.4 Å². The predicted octanol–water partition coefficient (Wildman–Crippen LogP) is 1.98. The minimum Gasteiger partial charge on any atom is -0.391 e. The number of carbonyl (C=O) groups excluding carboxylic acids is 1. The van der Waals surface area contributed by atoms with Crippen molar-refractivity contribution in [1.29, 1.82) is 0 Å². The Hall–Kier alpha value is -0.940. The third-order valence-corrected chi connectivity index (χ3v) is 2.64. The Morgan fingerprint density at radius 2 is 2.24 bits per heavy atom. The summed E-state index contributed by atoms with van der Waals surface area (Å²) < 4.78 is 0.757. The van der Waals surface area contributed by atoms with Crippen molar-refractivity contribution in [1.82, 2.24) is 10.3 Å². The Morgan fingerprint density at radius 1 is 1.53 bits per heavy atom. The smallest absolute Gasteiger partial charge is 0.252 e. The van der Waals surface area contributed by atoms with Crippen LogP contribution in [0.15, 0.2) is 22.9 Å². The third kappa shape index (κ3) is 5.28. The van der Waals surface area contributed by atoms with E-state index in [-0.39, 0.29) is 12.5 Å². The molecule has 0 saturated heterocycles. The van der Waals surface area contributed by atoms with Crippen LogP contribution in [0.5, 0.6) is 0 Å². The lowest BCUT2D eigenvalue weighted by Crippen LogP contribution is -2.32. The molecule has 0 fully saturated rings. The first-order valence-corrected chi connectivity index (χ1v) is 6.35. The molecule has 2 N–H and O–H groups in total. The van der Waals surface area contributed by atoms with Crippen LogP contribution in [0.4, 0.5) is 0 Å². The zero-order chi connectivity index (χ0) is 12.8. The number of rotatable bonds is 5. The number of aliphatic hydroxyl groups excluding tert-OH is 1. The van der Waals surface area contributed by atoms with Gasteiger partial charge in [-0.3, -0.25) is 9.78 Å². The van der Waals surface area contributed by atoms with Crippen LogP contribution >= 0.6 is 15.9 Å². The second-order valence-corrected chi connectivity index (χ2v) is 5.30. The topological polar surface area (TPSA) is 62.2 Å². The second-order valence-electron chi connectivity index (χ2n) is 4.39. The summed E-state index contributed by atoms with van der Waals surface area (Å²) in [6.45, 7) is 4.33. The van der Waals surface area contributed by atoms with Crippen LogP contribution < -0.4 is 5.32 Å². The van der Waals surface area contributed by atoms with Crippen LogP contribution in [0.25, 0.3) is 0 Å². The number of halogens is 1. The van der Waals surface area contributed by atoms with Gasteiger partial charge >= 0.3 is 0 Å². The molecular weight excluding hydrogens is 284 g/mol. The highest BCUT2D eigenvalue weighted by Crippen LogP contribution is 2.09. The highest BCUT2D eigenvalue weighted by molar-refractivity contribution is 9.10. The third-order valence-electron chi connectivity index (χ3n) is 2.21. The van der Waals surface area contributed by atoms with Crippen LogP contribution in [0, 0.1) is 5.92 Å². The van der Waals surface area contributed by atoms with E-state index in [2.05, 4.69) is 26.2 Å². The number of aliphatic hydroxyl groups is 1.